The summed E-state index contributed by atoms with van der Waals surface area (Å²) in [4.78, 5) is 18.9. The first kappa shape index (κ1) is 20.4. The molecule has 0 aliphatic rings. The van der Waals surface area contributed by atoms with Crippen LogP contribution in [0.1, 0.15) is 32.6 Å². The van der Waals surface area contributed by atoms with Crippen LogP contribution in [0.15, 0.2) is 28.2 Å². The minimum absolute atomic E-state index is 0.112. The maximum absolute atomic E-state index is 11.4. The molecule has 0 aliphatic heterocycles. The van der Waals surface area contributed by atoms with Crippen LogP contribution >= 0.6 is 24.4 Å². The number of rotatable bonds is 6. The van der Waals surface area contributed by atoms with Crippen molar-refractivity contribution in [2.75, 3.05) is 0 Å². The van der Waals surface area contributed by atoms with E-state index >= 15 is 0 Å². The van der Waals surface area contributed by atoms with Gasteiger partial charge >= 0.3 is 0 Å². The van der Waals surface area contributed by atoms with Crippen LogP contribution in [0.3, 0.4) is 0 Å². The van der Waals surface area contributed by atoms with Crippen LogP contribution in [0.25, 0.3) is 0 Å². The Kier molecular flexibility index (Phi) is 6.80. The first-order chi connectivity index (χ1) is 11.0. The third-order valence-corrected chi connectivity index (χ3v) is 8.67. The van der Waals surface area contributed by atoms with E-state index in [1.54, 1.807) is 6.07 Å². The lowest BCUT2D eigenvalue weighted by Gasteiger charge is -2.38. The molecule has 24 heavy (non-hydrogen) atoms. The van der Waals surface area contributed by atoms with Crippen LogP contribution in [-0.4, -0.2) is 23.6 Å². The predicted octanol–water partition coefficient (Wildman–Crippen LogP) is 5.45. The Morgan fingerprint density at radius 3 is 2.38 bits per heavy atom. The number of nitro groups is 1. The van der Waals surface area contributed by atoms with E-state index in [0.717, 1.165) is 0 Å². The summed E-state index contributed by atoms with van der Waals surface area (Å²) in [5.41, 5.74) is 0.346. The quantitative estimate of drug-likeness (QED) is 0.215. The first-order valence-corrected chi connectivity index (χ1v) is 10.9. The van der Waals surface area contributed by atoms with Gasteiger partial charge in [-0.05, 0) is 48.6 Å². The highest BCUT2D eigenvalue weighted by Gasteiger charge is 2.41. The average molecular weight is 382 g/mol. The lowest BCUT2D eigenvalue weighted by molar-refractivity contribution is -0.386. The standard InChI is InChI=1S/C15H19N3O3S2Si/c1-15(2,3)24(4,5)21-14(17-10-23)13-11(16-9-22)7-6-8-12(13)18(19)20/h6-8,14H,1-5H3. The minimum atomic E-state index is -2.28. The summed E-state index contributed by atoms with van der Waals surface area (Å²) in [6, 6.07) is 4.50. The Bertz CT molecular complexity index is 714. The SMILES string of the molecule is CC(C)(C)[Si](C)(C)OC(N=C=S)c1c(N=C=S)cccc1[N+](=O)[O-]. The van der Waals surface area contributed by atoms with E-state index in [2.05, 4.69) is 53.3 Å². The third kappa shape index (κ3) is 4.70. The Labute approximate surface area is 152 Å². The smallest absolute Gasteiger partial charge is 0.279 e. The molecule has 0 N–H and O–H groups in total. The van der Waals surface area contributed by atoms with Gasteiger partial charge in [-0.3, -0.25) is 10.1 Å². The van der Waals surface area contributed by atoms with Crippen molar-refractivity contribution in [3.8, 4) is 0 Å². The molecule has 0 aliphatic carbocycles. The van der Waals surface area contributed by atoms with Gasteiger partial charge in [0.25, 0.3) is 5.69 Å². The Balaban J connectivity index is 3.59. The van der Waals surface area contributed by atoms with Gasteiger partial charge in [-0.15, -0.1) is 0 Å². The van der Waals surface area contributed by atoms with Crippen molar-refractivity contribution in [3.63, 3.8) is 0 Å². The molecule has 0 saturated heterocycles. The molecule has 128 valence electrons. The Morgan fingerprint density at radius 1 is 1.29 bits per heavy atom. The summed E-state index contributed by atoms with van der Waals surface area (Å²) in [5, 5.41) is 15.8. The number of hydrogen-bond donors (Lipinski definition) is 0. The molecule has 1 unspecified atom stereocenters. The molecule has 0 saturated carbocycles. The molecule has 0 heterocycles. The molecule has 1 rings (SSSR count). The van der Waals surface area contributed by atoms with Gasteiger partial charge in [-0.25, -0.2) is 0 Å². The summed E-state index contributed by atoms with van der Waals surface area (Å²) >= 11 is 9.35. The van der Waals surface area contributed by atoms with Gasteiger partial charge in [0.1, 0.15) is 5.56 Å². The summed E-state index contributed by atoms with van der Waals surface area (Å²) < 4.78 is 6.22. The molecule has 1 aromatic carbocycles. The van der Waals surface area contributed by atoms with Crippen molar-refractivity contribution >= 4 is 54.5 Å². The van der Waals surface area contributed by atoms with Gasteiger partial charge in [0.15, 0.2) is 14.5 Å². The van der Waals surface area contributed by atoms with Gasteiger partial charge in [0, 0.05) is 6.07 Å². The number of nitro benzene ring substituents is 1. The number of thiocarbonyl (C=S) groups is 2. The van der Waals surface area contributed by atoms with Gasteiger partial charge in [-0.1, -0.05) is 26.8 Å². The molecular weight excluding hydrogens is 362 g/mol. The molecular formula is C15H19N3O3S2Si. The van der Waals surface area contributed by atoms with Crippen LogP contribution in [0.4, 0.5) is 11.4 Å². The highest BCUT2D eigenvalue weighted by atomic mass is 32.1. The van der Waals surface area contributed by atoms with Crippen molar-refractivity contribution in [2.45, 2.75) is 45.1 Å². The fourth-order valence-corrected chi connectivity index (χ4v) is 3.03. The average Bonchev–Trinajstić information content (AvgIpc) is 2.45. The van der Waals surface area contributed by atoms with E-state index in [4.69, 9.17) is 16.6 Å². The highest BCUT2D eigenvalue weighted by Crippen LogP contribution is 2.43. The Hall–Kier alpha value is -1.60. The molecule has 0 bridgehead atoms. The van der Waals surface area contributed by atoms with Gasteiger partial charge in [-0.2, -0.15) is 9.98 Å². The van der Waals surface area contributed by atoms with E-state index in [1.165, 1.54) is 12.1 Å². The maximum Gasteiger partial charge on any atom is 0.279 e. The zero-order valence-electron chi connectivity index (χ0n) is 14.2. The molecule has 0 radical (unpaired) electrons. The van der Waals surface area contributed by atoms with E-state index < -0.39 is 19.5 Å². The second kappa shape index (κ2) is 7.98. The van der Waals surface area contributed by atoms with Gasteiger partial charge in [0.2, 0.25) is 0 Å². The molecule has 6 nitrogen and oxygen atoms in total. The normalized spacial score (nSPS) is 12.7. The first-order valence-electron chi connectivity index (χ1n) is 7.15. The van der Waals surface area contributed by atoms with Crippen LogP contribution in [-0.2, 0) is 4.43 Å². The topological polar surface area (TPSA) is 77.1 Å². The van der Waals surface area contributed by atoms with Crippen molar-refractivity contribution in [2.24, 2.45) is 9.98 Å². The lowest BCUT2D eigenvalue weighted by Crippen LogP contribution is -2.41. The third-order valence-electron chi connectivity index (χ3n) is 4.05. The fourth-order valence-electron chi connectivity index (χ4n) is 1.75. The van der Waals surface area contributed by atoms with Crippen molar-refractivity contribution < 1.29 is 9.35 Å². The number of hydrogen-bond acceptors (Lipinski definition) is 7. The van der Waals surface area contributed by atoms with Crippen LogP contribution in [0.5, 0.6) is 0 Å². The summed E-state index contributed by atoms with van der Waals surface area (Å²) in [6.45, 7) is 10.2. The second-order valence-corrected chi connectivity index (χ2v) is 11.7. The zero-order valence-corrected chi connectivity index (χ0v) is 16.8. The van der Waals surface area contributed by atoms with Gasteiger partial charge in [0.05, 0.1) is 20.9 Å². The number of nitrogens with zero attached hydrogens (tertiary/aromatic N) is 3. The molecule has 0 fully saturated rings. The zero-order chi connectivity index (χ0) is 18.5. The predicted molar refractivity (Wildman–Crippen MR) is 104 cm³/mol. The lowest BCUT2D eigenvalue weighted by atomic mass is 10.1. The molecule has 0 aromatic heterocycles. The monoisotopic (exact) mass is 381 g/mol. The van der Waals surface area contributed by atoms with Crippen LogP contribution in [0.2, 0.25) is 18.1 Å². The summed E-state index contributed by atoms with van der Waals surface area (Å²) in [5.74, 6) is 0. The second-order valence-electron chi connectivity index (χ2n) is 6.62. The highest BCUT2D eigenvalue weighted by molar-refractivity contribution is 7.78. The molecule has 0 amide bonds. The van der Waals surface area contributed by atoms with E-state index in [9.17, 15) is 10.1 Å². The molecule has 0 spiro atoms. The molecule has 1 atom stereocenters. The fraction of sp³-hybridized carbons (Fsp3) is 0.467. The maximum atomic E-state index is 11.4. The summed E-state index contributed by atoms with van der Waals surface area (Å²) in [7, 11) is -2.28. The van der Waals surface area contributed by atoms with Crippen molar-refractivity contribution in [1.29, 1.82) is 0 Å². The largest absolute Gasteiger partial charge is 0.391 e. The molecule has 1 aromatic rings. The van der Waals surface area contributed by atoms with Crippen LogP contribution < -0.4 is 0 Å². The van der Waals surface area contributed by atoms with E-state index in [0.29, 0.717) is 0 Å². The van der Waals surface area contributed by atoms with Crippen molar-refractivity contribution in [3.05, 3.63) is 33.9 Å². The van der Waals surface area contributed by atoms with E-state index in [-0.39, 0.29) is 22.0 Å². The minimum Gasteiger partial charge on any atom is -0.391 e. The Morgan fingerprint density at radius 2 is 1.92 bits per heavy atom. The van der Waals surface area contributed by atoms with Crippen LogP contribution in [0, 0.1) is 10.1 Å². The number of aliphatic imine (C=N–C) groups is 2. The number of benzene rings is 1. The number of isothiocyanates is 2. The molecule has 9 heteroatoms. The van der Waals surface area contributed by atoms with E-state index in [1.807, 2.05) is 13.1 Å². The van der Waals surface area contributed by atoms with Gasteiger partial charge < -0.3 is 4.43 Å². The summed E-state index contributed by atoms with van der Waals surface area (Å²) in [6.07, 6.45) is -0.966. The van der Waals surface area contributed by atoms with Crippen molar-refractivity contribution in [1.82, 2.24) is 0 Å².